The summed E-state index contributed by atoms with van der Waals surface area (Å²) in [5.74, 6) is 2.64. The van der Waals surface area contributed by atoms with E-state index in [4.69, 9.17) is 4.42 Å². The number of furan rings is 1. The summed E-state index contributed by atoms with van der Waals surface area (Å²) in [5.41, 5.74) is 1.76. The molecule has 4 rings (SSSR count). The first-order chi connectivity index (χ1) is 10.1. The van der Waals surface area contributed by atoms with Crippen LogP contribution in [-0.2, 0) is 13.6 Å². The van der Waals surface area contributed by atoms with Gasteiger partial charge in [-0.25, -0.2) is 4.98 Å². The lowest BCUT2D eigenvalue weighted by Crippen LogP contribution is -2.21. The molecule has 3 aromatic rings. The summed E-state index contributed by atoms with van der Waals surface area (Å²) in [5, 5.41) is 4.71. The van der Waals surface area contributed by atoms with E-state index >= 15 is 0 Å². The summed E-state index contributed by atoms with van der Waals surface area (Å²) >= 11 is 0. The van der Waals surface area contributed by atoms with Gasteiger partial charge in [0.25, 0.3) is 5.56 Å². The highest BCUT2D eigenvalue weighted by molar-refractivity contribution is 5.73. The molecule has 1 aliphatic rings. The quantitative estimate of drug-likeness (QED) is 0.684. The van der Waals surface area contributed by atoms with Gasteiger partial charge in [0.1, 0.15) is 22.7 Å². The lowest BCUT2D eigenvalue weighted by atomic mass is 10.0. The van der Waals surface area contributed by atoms with Crippen LogP contribution in [0.15, 0.2) is 21.5 Å². The molecule has 0 N–H and O–H groups in total. The third-order valence-electron chi connectivity index (χ3n) is 4.36. The topological polar surface area (TPSA) is 65.8 Å². The fourth-order valence-corrected chi connectivity index (χ4v) is 3.05. The van der Waals surface area contributed by atoms with Gasteiger partial charge in [-0.2, -0.15) is 5.10 Å². The van der Waals surface area contributed by atoms with E-state index in [1.54, 1.807) is 22.5 Å². The normalized spacial score (nSPS) is 17.6. The minimum atomic E-state index is -0.00870. The molecule has 0 spiro atoms. The van der Waals surface area contributed by atoms with Crippen molar-refractivity contribution in [3.63, 3.8) is 0 Å². The summed E-state index contributed by atoms with van der Waals surface area (Å²) in [6.45, 7) is 4.66. The second-order valence-corrected chi connectivity index (χ2v) is 5.66. The first-order valence-corrected chi connectivity index (χ1v) is 7.05. The Bertz CT molecular complexity index is 896. The van der Waals surface area contributed by atoms with Gasteiger partial charge < -0.3 is 4.42 Å². The Morgan fingerprint density at radius 3 is 2.90 bits per heavy atom. The van der Waals surface area contributed by atoms with Crippen LogP contribution in [0.1, 0.15) is 35.2 Å². The fraction of sp³-hybridized carbons (Fsp3) is 0.400. The molecule has 0 fully saturated rings. The maximum Gasteiger partial charge on any atom is 0.264 e. The lowest BCUT2D eigenvalue weighted by molar-refractivity contribution is 0.458. The smallest absolute Gasteiger partial charge is 0.264 e. The molecule has 4 heterocycles. The maximum atomic E-state index is 12.5. The van der Waals surface area contributed by atoms with Gasteiger partial charge in [0.05, 0.1) is 12.1 Å². The zero-order valence-corrected chi connectivity index (χ0v) is 12.3. The molecule has 0 amide bonds. The third-order valence-corrected chi connectivity index (χ3v) is 4.36. The molecule has 6 nitrogen and oxygen atoms in total. The molecular formula is C15H16N4O2. The van der Waals surface area contributed by atoms with E-state index in [-0.39, 0.29) is 11.5 Å². The molecule has 0 radical (unpaired) electrons. The molecule has 21 heavy (non-hydrogen) atoms. The fourth-order valence-electron chi connectivity index (χ4n) is 3.05. The number of fused-ring (bicyclic) bond motifs is 2. The number of nitrogens with zero attached hydrogens (tertiary/aromatic N) is 4. The monoisotopic (exact) mass is 284 g/mol. The summed E-state index contributed by atoms with van der Waals surface area (Å²) in [6, 6.07) is 2.05. The van der Waals surface area contributed by atoms with Crippen molar-refractivity contribution in [2.24, 2.45) is 7.05 Å². The maximum absolute atomic E-state index is 12.5. The number of aromatic nitrogens is 4. The summed E-state index contributed by atoms with van der Waals surface area (Å²) in [6.07, 6.45) is 2.44. The average Bonchev–Trinajstić information content (AvgIpc) is 3.11. The van der Waals surface area contributed by atoms with Gasteiger partial charge >= 0.3 is 0 Å². The number of hydrogen-bond acceptors (Lipinski definition) is 4. The molecule has 1 atom stereocenters. The SMILES string of the molecule is Cc1cc(C2CCn3c2nc2c(cnn2C)c3=O)oc1C. The molecule has 1 unspecified atom stereocenters. The van der Waals surface area contributed by atoms with Crippen molar-refractivity contribution in [1.82, 2.24) is 19.3 Å². The van der Waals surface area contributed by atoms with Gasteiger partial charge in [-0.15, -0.1) is 0 Å². The summed E-state index contributed by atoms with van der Waals surface area (Å²) in [4.78, 5) is 17.2. The van der Waals surface area contributed by atoms with E-state index in [1.807, 2.05) is 13.8 Å². The molecular weight excluding hydrogens is 268 g/mol. The minimum Gasteiger partial charge on any atom is -0.465 e. The first kappa shape index (κ1) is 12.4. The zero-order valence-electron chi connectivity index (χ0n) is 12.3. The van der Waals surface area contributed by atoms with Crippen molar-refractivity contribution in [1.29, 1.82) is 0 Å². The van der Waals surface area contributed by atoms with Gasteiger partial charge in [0, 0.05) is 13.6 Å². The second kappa shape index (κ2) is 4.07. The standard InChI is InChI=1S/C15H16N4O2/c1-8-6-12(21-9(8)2)10-4-5-19-14(10)17-13-11(15(19)20)7-16-18(13)3/h6-7,10H,4-5H2,1-3H3. The van der Waals surface area contributed by atoms with E-state index in [2.05, 4.69) is 16.1 Å². The number of rotatable bonds is 1. The van der Waals surface area contributed by atoms with Crippen LogP contribution in [0, 0.1) is 13.8 Å². The second-order valence-electron chi connectivity index (χ2n) is 5.66. The van der Waals surface area contributed by atoms with Gasteiger partial charge in [-0.3, -0.25) is 14.0 Å². The van der Waals surface area contributed by atoms with Gasteiger partial charge in [0.15, 0.2) is 5.65 Å². The predicted octanol–water partition coefficient (Wildman–Crippen LogP) is 1.88. The highest BCUT2D eigenvalue weighted by atomic mass is 16.3. The average molecular weight is 284 g/mol. The molecule has 108 valence electrons. The van der Waals surface area contributed by atoms with Crippen molar-refractivity contribution in [3.8, 4) is 0 Å². The zero-order chi connectivity index (χ0) is 14.7. The van der Waals surface area contributed by atoms with E-state index in [0.717, 1.165) is 29.3 Å². The van der Waals surface area contributed by atoms with Crippen molar-refractivity contribution in [2.45, 2.75) is 32.7 Å². The van der Waals surface area contributed by atoms with Crippen molar-refractivity contribution >= 4 is 11.0 Å². The van der Waals surface area contributed by atoms with Crippen LogP contribution in [-0.4, -0.2) is 19.3 Å². The van der Waals surface area contributed by atoms with E-state index in [0.29, 0.717) is 17.6 Å². The molecule has 0 aromatic carbocycles. The van der Waals surface area contributed by atoms with Crippen LogP contribution < -0.4 is 5.56 Å². The molecule has 1 aliphatic heterocycles. The summed E-state index contributed by atoms with van der Waals surface area (Å²) < 4.78 is 9.24. The van der Waals surface area contributed by atoms with Crippen molar-refractivity contribution in [2.75, 3.05) is 0 Å². The number of hydrogen-bond donors (Lipinski definition) is 0. The first-order valence-electron chi connectivity index (χ1n) is 7.05. The van der Waals surface area contributed by atoms with Gasteiger partial charge in [-0.05, 0) is 31.9 Å². The van der Waals surface area contributed by atoms with Crippen LogP contribution in [0.5, 0.6) is 0 Å². The van der Waals surface area contributed by atoms with Crippen molar-refractivity contribution in [3.05, 3.63) is 45.5 Å². The predicted molar refractivity (Wildman–Crippen MR) is 77.4 cm³/mol. The molecule has 6 heteroatoms. The van der Waals surface area contributed by atoms with Crippen LogP contribution >= 0.6 is 0 Å². The molecule has 0 bridgehead atoms. The molecule has 0 saturated carbocycles. The molecule has 3 aromatic heterocycles. The summed E-state index contributed by atoms with van der Waals surface area (Å²) in [7, 11) is 1.80. The van der Waals surface area contributed by atoms with E-state index < -0.39 is 0 Å². The highest BCUT2D eigenvalue weighted by Gasteiger charge is 2.31. The van der Waals surface area contributed by atoms with Crippen LogP contribution in [0.4, 0.5) is 0 Å². The largest absolute Gasteiger partial charge is 0.465 e. The van der Waals surface area contributed by atoms with E-state index in [1.165, 1.54) is 0 Å². The Balaban J connectivity index is 1.95. The Labute approximate surface area is 121 Å². The third kappa shape index (κ3) is 1.62. The van der Waals surface area contributed by atoms with Crippen LogP contribution in [0.25, 0.3) is 11.0 Å². The highest BCUT2D eigenvalue weighted by Crippen LogP contribution is 2.34. The number of aryl methyl sites for hydroxylation is 3. The lowest BCUT2D eigenvalue weighted by Gasteiger charge is -2.07. The van der Waals surface area contributed by atoms with Crippen molar-refractivity contribution < 1.29 is 4.42 Å². The molecule has 0 aliphatic carbocycles. The van der Waals surface area contributed by atoms with Crippen LogP contribution in [0.3, 0.4) is 0 Å². The van der Waals surface area contributed by atoms with E-state index in [9.17, 15) is 4.79 Å². The van der Waals surface area contributed by atoms with Gasteiger partial charge in [0.2, 0.25) is 0 Å². The Morgan fingerprint density at radius 1 is 1.38 bits per heavy atom. The Morgan fingerprint density at radius 2 is 2.19 bits per heavy atom. The minimum absolute atomic E-state index is 0.00870. The van der Waals surface area contributed by atoms with Gasteiger partial charge in [-0.1, -0.05) is 0 Å². The molecule has 0 saturated heterocycles. The Hall–Kier alpha value is -2.37. The van der Waals surface area contributed by atoms with Crippen LogP contribution in [0.2, 0.25) is 0 Å². The Kier molecular flexibility index (Phi) is 2.40.